The van der Waals surface area contributed by atoms with Crippen LogP contribution < -0.4 is 5.73 Å². The lowest BCUT2D eigenvalue weighted by atomic mass is 9.93. The van der Waals surface area contributed by atoms with Crippen molar-refractivity contribution in [3.05, 3.63) is 65.5 Å². The third-order valence-corrected chi connectivity index (χ3v) is 4.96. The topological polar surface area (TPSA) is 103 Å². The lowest BCUT2D eigenvalue weighted by molar-refractivity contribution is -0.182. The molecular weight excluding hydrogens is 396 g/mol. The molecule has 0 unspecified atom stereocenters. The smallest absolute Gasteiger partial charge is 0.345 e. The number of carbonyl (C=O) groups excluding carboxylic acids is 3. The molecule has 2 heterocycles. The van der Waals surface area contributed by atoms with Crippen molar-refractivity contribution in [1.82, 2.24) is 9.88 Å². The molecule has 0 radical (unpaired) electrons. The maximum atomic E-state index is 13.0. The predicted octanol–water partition coefficient (Wildman–Crippen LogP) is 2.26. The molecule has 2 N–H and O–H groups in total. The molecule has 30 heavy (non-hydrogen) atoms. The number of ether oxygens (including phenoxy) is 1. The van der Waals surface area contributed by atoms with Crippen LogP contribution in [0.25, 0.3) is 0 Å². The number of likely N-dealkylation sites (tertiary alicyclic amines) is 1. The van der Waals surface area contributed by atoms with E-state index in [1.54, 1.807) is 0 Å². The van der Waals surface area contributed by atoms with Gasteiger partial charge in [-0.15, -0.1) is 0 Å². The van der Waals surface area contributed by atoms with Gasteiger partial charge in [-0.25, -0.2) is 0 Å². The molecule has 7 nitrogen and oxygen atoms in total. The molecular formula is C21H21F2N3O4. The predicted molar refractivity (Wildman–Crippen MR) is 102 cm³/mol. The van der Waals surface area contributed by atoms with E-state index in [1.165, 1.54) is 23.4 Å². The van der Waals surface area contributed by atoms with Gasteiger partial charge in [0.25, 0.3) is 5.91 Å². The molecule has 1 aromatic heterocycles. The molecule has 0 spiro atoms. The highest BCUT2D eigenvalue weighted by Crippen LogP contribution is 2.32. The molecule has 1 saturated heterocycles. The number of ketones is 1. The van der Waals surface area contributed by atoms with E-state index in [-0.39, 0.29) is 18.5 Å². The number of primary amides is 1. The van der Waals surface area contributed by atoms with Crippen LogP contribution in [0.5, 0.6) is 0 Å². The maximum Gasteiger partial charge on any atom is 0.345 e. The highest BCUT2D eigenvalue weighted by Gasteiger charge is 2.36. The summed E-state index contributed by atoms with van der Waals surface area (Å²) in [6.07, 6.45) is 2.21. The van der Waals surface area contributed by atoms with Gasteiger partial charge in [0, 0.05) is 25.4 Å². The van der Waals surface area contributed by atoms with Gasteiger partial charge >= 0.3 is 6.61 Å². The first-order valence-corrected chi connectivity index (χ1v) is 9.41. The van der Waals surface area contributed by atoms with Crippen LogP contribution in [0.1, 0.15) is 40.4 Å². The molecule has 1 aliphatic rings. The van der Waals surface area contributed by atoms with Crippen LogP contribution in [0.2, 0.25) is 0 Å². The van der Waals surface area contributed by atoms with Gasteiger partial charge in [0.1, 0.15) is 0 Å². The van der Waals surface area contributed by atoms with E-state index >= 15 is 0 Å². The van der Waals surface area contributed by atoms with E-state index in [0.29, 0.717) is 18.4 Å². The lowest BCUT2D eigenvalue weighted by Gasteiger charge is -2.39. The Kier molecular flexibility index (Phi) is 6.83. The number of Topliss-reactive ketones (excluding diaryl/α,β-unsaturated/α-hetero) is 1. The molecule has 9 heteroatoms. The maximum absolute atomic E-state index is 13.0. The second kappa shape index (κ2) is 9.53. The van der Waals surface area contributed by atoms with E-state index in [4.69, 9.17) is 5.73 Å². The van der Waals surface area contributed by atoms with E-state index in [2.05, 4.69) is 9.72 Å². The monoisotopic (exact) mass is 417 g/mol. The van der Waals surface area contributed by atoms with Gasteiger partial charge < -0.3 is 15.4 Å². The second-order valence-corrected chi connectivity index (χ2v) is 7.03. The van der Waals surface area contributed by atoms with Crippen LogP contribution in [0, 0.1) is 0 Å². The lowest BCUT2D eigenvalue weighted by Crippen LogP contribution is -2.48. The summed E-state index contributed by atoms with van der Waals surface area (Å²) in [5, 5.41) is 0. The Balaban J connectivity index is 1.80. The largest absolute Gasteiger partial charge is 0.366 e. The zero-order chi connectivity index (χ0) is 21.7. The number of alkyl halides is 2. The quantitative estimate of drug-likeness (QED) is 0.696. The Labute approximate surface area is 171 Å². The van der Waals surface area contributed by atoms with Gasteiger partial charge in [0.15, 0.2) is 0 Å². The van der Waals surface area contributed by atoms with Crippen molar-refractivity contribution < 1.29 is 27.9 Å². The number of aromatic nitrogens is 1. The number of amides is 2. The third kappa shape index (κ3) is 5.24. The Morgan fingerprint density at radius 2 is 1.90 bits per heavy atom. The number of benzene rings is 1. The van der Waals surface area contributed by atoms with Crippen LogP contribution in [-0.4, -0.2) is 46.7 Å². The summed E-state index contributed by atoms with van der Waals surface area (Å²) in [6, 6.07) is 10.1. The van der Waals surface area contributed by atoms with Crippen molar-refractivity contribution in [1.29, 1.82) is 0 Å². The number of pyridine rings is 1. The molecule has 1 aromatic carbocycles. The first kappa shape index (κ1) is 21.5. The first-order chi connectivity index (χ1) is 14.3. The van der Waals surface area contributed by atoms with E-state index in [1.807, 2.05) is 30.3 Å². The van der Waals surface area contributed by atoms with Crippen LogP contribution >= 0.6 is 0 Å². The standard InChI is InChI=1S/C21H21F2N3O4/c22-21(23)30-16-6-7-17(14-4-2-1-3-5-14)26(12-16)20(29)18(27)9-13-8-15(19(24)28)11-25-10-13/h1-5,8,10-11,16-17,21H,6-7,9,12H2,(H2,24,28)/t16-,17-/m1/s1. The van der Waals surface area contributed by atoms with Crippen LogP contribution in [0.3, 0.4) is 0 Å². The molecule has 3 rings (SSSR count). The highest BCUT2D eigenvalue weighted by molar-refractivity contribution is 6.36. The molecule has 1 aliphatic heterocycles. The fourth-order valence-electron chi connectivity index (χ4n) is 3.58. The van der Waals surface area contributed by atoms with Crippen molar-refractivity contribution in [2.45, 2.75) is 38.0 Å². The van der Waals surface area contributed by atoms with Crippen molar-refractivity contribution in [2.24, 2.45) is 5.73 Å². The molecule has 158 valence electrons. The van der Waals surface area contributed by atoms with Crippen molar-refractivity contribution in [3.63, 3.8) is 0 Å². The van der Waals surface area contributed by atoms with Gasteiger partial charge in [-0.3, -0.25) is 19.4 Å². The molecule has 2 aromatic rings. The van der Waals surface area contributed by atoms with Gasteiger partial charge in [0.05, 0.1) is 17.7 Å². The number of nitrogens with two attached hydrogens (primary N) is 1. The summed E-state index contributed by atoms with van der Waals surface area (Å²) in [6.45, 7) is -3.08. The minimum atomic E-state index is -2.96. The normalized spacial score (nSPS) is 19.0. The van der Waals surface area contributed by atoms with Crippen molar-refractivity contribution in [3.8, 4) is 0 Å². The minimum Gasteiger partial charge on any atom is -0.366 e. The number of hydrogen-bond acceptors (Lipinski definition) is 5. The molecule has 0 saturated carbocycles. The number of piperidine rings is 1. The minimum absolute atomic E-state index is 0.117. The number of halogens is 2. The van der Waals surface area contributed by atoms with Crippen molar-refractivity contribution in [2.75, 3.05) is 6.54 Å². The van der Waals surface area contributed by atoms with Gasteiger partial charge in [-0.2, -0.15) is 8.78 Å². The Hall–Kier alpha value is -3.20. The van der Waals surface area contributed by atoms with Gasteiger partial charge in [-0.1, -0.05) is 30.3 Å². The zero-order valence-corrected chi connectivity index (χ0v) is 16.0. The van der Waals surface area contributed by atoms with Crippen LogP contribution in [-0.2, 0) is 20.7 Å². The average molecular weight is 417 g/mol. The average Bonchev–Trinajstić information content (AvgIpc) is 2.73. The second-order valence-electron chi connectivity index (χ2n) is 7.03. The van der Waals surface area contributed by atoms with Gasteiger partial charge in [-0.05, 0) is 30.0 Å². The fourth-order valence-corrected chi connectivity index (χ4v) is 3.58. The molecule has 0 aliphatic carbocycles. The molecule has 0 bridgehead atoms. The summed E-state index contributed by atoms with van der Waals surface area (Å²) >= 11 is 0. The summed E-state index contributed by atoms with van der Waals surface area (Å²) < 4.78 is 30.0. The number of nitrogens with zero attached hydrogens (tertiary/aromatic N) is 2. The Bertz CT molecular complexity index is 923. The number of hydrogen-bond donors (Lipinski definition) is 1. The zero-order valence-electron chi connectivity index (χ0n) is 16.0. The van der Waals surface area contributed by atoms with Gasteiger partial charge in [0.2, 0.25) is 11.7 Å². The molecule has 2 atom stereocenters. The summed E-state index contributed by atoms with van der Waals surface area (Å²) in [4.78, 5) is 42.1. The molecule has 1 fully saturated rings. The van der Waals surface area contributed by atoms with E-state index in [0.717, 1.165) is 5.56 Å². The van der Waals surface area contributed by atoms with Crippen LogP contribution in [0.15, 0.2) is 48.8 Å². The van der Waals surface area contributed by atoms with Crippen LogP contribution in [0.4, 0.5) is 8.78 Å². The van der Waals surface area contributed by atoms with Crippen molar-refractivity contribution >= 4 is 17.6 Å². The third-order valence-electron chi connectivity index (χ3n) is 4.96. The Morgan fingerprint density at radius 3 is 2.57 bits per heavy atom. The Morgan fingerprint density at radius 1 is 1.17 bits per heavy atom. The highest BCUT2D eigenvalue weighted by atomic mass is 19.3. The molecule has 2 amide bonds. The van der Waals surface area contributed by atoms with E-state index < -0.39 is 36.4 Å². The summed E-state index contributed by atoms with van der Waals surface area (Å²) in [7, 11) is 0. The summed E-state index contributed by atoms with van der Waals surface area (Å²) in [5.74, 6) is -2.23. The summed E-state index contributed by atoms with van der Waals surface area (Å²) in [5.41, 5.74) is 6.51. The van der Waals surface area contributed by atoms with E-state index in [9.17, 15) is 23.2 Å². The number of rotatable bonds is 7. The SMILES string of the molecule is NC(=O)c1cncc(CC(=O)C(=O)N2C[C@H](OC(F)F)CC[C@@H]2c2ccccc2)c1. The number of carbonyl (C=O) groups is 3. The first-order valence-electron chi connectivity index (χ1n) is 9.41. The fraction of sp³-hybridized carbons (Fsp3) is 0.333.